The fraction of sp³-hybridized carbons (Fsp3) is 0.176. The van der Waals surface area contributed by atoms with E-state index in [2.05, 4.69) is 16.0 Å². The Bertz CT molecular complexity index is 842. The quantitative estimate of drug-likeness (QED) is 0.798. The van der Waals surface area contributed by atoms with Gasteiger partial charge in [0.25, 0.3) is 5.91 Å². The molecule has 0 spiro atoms. The van der Waals surface area contributed by atoms with Crippen molar-refractivity contribution in [3.63, 3.8) is 0 Å². The van der Waals surface area contributed by atoms with E-state index in [4.69, 9.17) is 4.74 Å². The van der Waals surface area contributed by atoms with Crippen LogP contribution in [0.3, 0.4) is 0 Å². The van der Waals surface area contributed by atoms with Crippen molar-refractivity contribution in [2.24, 2.45) is 0 Å². The van der Waals surface area contributed by atoms with E-state index in [1.807, 2.05) is 0 Å². The summed E-state index contributed by atoms with van der Waals surface area (Å²) in [6, 6.07) is 6.79. The zero-order valence-corrected chi connectivity index (χ0v) is 13.2. The lowest BCUT2D eigenvalue weighted by Gasteiger charge is -2.21. The van der Waals surface area contributed by atoms with Gasteiger partial charge in [-0.1, -0.05) is 12.1 Å². The number of benzene rings is 2. The number of carbonyl (C=O) groups is 2. The monoisotopic (exact) mass is 347 g/mol. The molecule has 0 fully saturated rings. The molecule has 2 aromatic rings. The third-order valence-electron chi connectivity index (χ3n) is 3.66. The smallest absolute Gasteiger partial charge is 0.319 e. The molecule has 0 saturated heterocycles. The molecule has 130 valence electrons. The summed E-state index contributed by atoms with van der Waals surface area (Å²) in [7, 11) is 0. The maximum Gasteiger partial charge on any atom is 0.319 e. The van der Waals surface area contributed by atoms with Crippen LogP contribution in [0.2, 0.25) is 0 Å². The summed E-state index contributed by atoms with van der Waals surface area (Å²) in [4.78, 5) is 23.5. The summed E-state index contributed by atoms with van der Waals surface area (Å²) < 4.78 is 32.1. The fourth-order valence-corrected chi connectivity index (χ4v) is 2.50. The predicted octanol–water partition coefficient (Wildman–Crippen LogP) is 3.18. The van der Waals surface area contributed by atoms with Crippen LogP contribution in [0, 0.1) is 11.6 Å². The van der Waals surface area contributed by atoms with Crippen LogP contribution in [0.15, 0.2) is 36.4 Å². The molecule has 1 aliphatic heterocycles. The highest BCUT2D eigenvalue weighted by Gasteiger charge is 2.21. The minimum absolute atomic E-state index is 0.148. The highest BCUT2D eigenvalue weighted by atomic mass is 19.1. The first-order valence-electron chi connectivity index (χ1n) is 7.52. The second kappa shape index (κ2) is 6.76. The van der Waals surface area contributed by atoms with E-state index < -0.39 is 23.7 Å². The van der Waals surface area contributed by atoms with Gasteiger partial charge >= 0.3 is 6.03 Å². The van der Waals surface area contributed by atoms with Gasteiger partial charge in [-0.05, 0) is 25.1 Å². The summed E-state index contributed by atoms with van der Waals surface area (Å²) in [6.07, 6.45) is 0. The van der Waals surface area contributed by atoms with Gasteiger partial charge < -0.3 is 20.7 Å². The highest BCUT2D eigenvalue weighted by Crippen LogP contribution is 2.35. The molecule has 0 saturated carbocycles. The first-order valence-corrected chi connectivity index (χ1v) is 7.52. The number of hydrogen-bond donors (Lipinski definition) is 3. The zero-order chi connectivity index (χ0) is 18.0. The fourth-order valence-electron chi connectivity index (χ4n) is 2.50. The normalized spacial score (nSPS) is 14.0. The summed E-state index contributed by atoms with van der Waals surface area (Å²) in [6.45, 7) is 1.43. The van der Waals surface area contributed by atoms with Gasteiger partial charge in [0.1, 0.15) is 11.6 Å². The Hall–Kier alpha value is -3.16. The van der Waals surface area contributed by atoms with Crippen LogP contribution in [0.5, 0.6) is 5.75 Å². The van der Waals surface area contributed by atoms with Gasteiger partial charge in [0, 0.05) is 11.6 Å². The van der Waals surface area contributed by atoms with Crippen molar-refractivity contribution in [1.29, 1.82) is 0 Å². The number of halogens is 2. The van der Waals surface area contributed by atoms with E-state index in [0.717, 1.165) is 12.1 Å². The molecule has 1 aliphatic rings. The number of para-hydroxylation sites is 1. The molecule has 1 atom stereocenters. The van der Waals surface area contributed by atoms with Crippen molar-refractivity contribution < 1.29 is 23.1 Å². The van der Waals surface area contributed by atoms with Crippen LogP contribution in [-0.4, -0.2) is 18.5 Å². The standard InChI is InChI=1S/C17H15F2N3O3/c1-9(11-6-5-10(18)7-12(11)19)20-17(24)22-14-4-2-3-13-16(14)25-8-15(23)21-13/h2-7,9H,8H2,1H3,(H,21,23)(H2,20,22,24)/t9-/m1/s1. The molecule has 0 bridgehead atoms. The number of amides is 3. The maximum atomic E-state index is 13.8. The van der Waals surface area contributed by atoms with Crippen LogP contribution in [0.4, 0.5) is 25.0 Å². The molecule has 0 aliphatic carbocycles. The lowest BCUT2D eigenvalue weighted by molar-refractivity contribution is -0.118. The Morgan fingerprint density at radius 3 is 2.84 bits per heavy atom. The summed E-state index contributed by atoms with van der Waals surface area (Å²) in [5.74, 6) is -1.36. The maximum absolute atomic E-state index is 13.8. The largest absolute Gasteiger partial charge is 0.479 e. The topological polar surface area (TPSA) is 79.5 Å². The van der Waals surface area contributed by atoms with Gasteiger partial charge in [0.05, 0.1) is 17.4 Å². The molecule has 2 aromatic carbocycles. The van der Waals surface area contributed by atoms with E-state index in [1.165, 1.54) is 6.07 Å². The SMILES string of the molecule is C[C@@H](NC(=O)Nc1cccc2c1OCC(=O)N2)c1ccc(F)cc1F. The number of urea groups is 1. The second-order valence-electron chi connectivity index (χ2n) is 5.51. The molecule has 3 N–H and O–H groups in total. The molecule has 3 rings (SSSR count). The van der Waals surface area contributed by atoms with Crippen LogP contribution in [-0.2, 0) is 4.79 Å². The van der Waals surface area contributed by atoms with E-state index in [0.29, 0.717) is 17.1 Å². The van der Waals surface area contributed by atoms with Crippen molar-refractivity contribution in [2.75, 3.05) is 17.2 Å². The average Bonchev–Trinajstić information content (AvgIpc) is 2.54. The third-order valence-corrected chi connectivity index (χ3v) is 3.66. The van der Waals surface area contributed by atoms with Crippen LogP contribution in [0.25, 0.3) is 0 Å². The number of nitrogens with one attached hydrogen (secondary N) is 3. The molecule has 6 nitrogen and oxygen atoms in total. The van der Waals surface area contributed by atoms with Crippen molar-refractivity contribution in [2.45, 2.75) is 13.0 Å². The summed E-state index contributed by atoms with van der Waals surface area (Å²) >= 11 is 0. The van der Waals surface area contributed by atoms with Gasteiger partial charge in [-0.15, -0.1) is 0 Å². The number of carbonyl (C=O) groups excluding carboxylic acids is 2. The van der Waals surface area contributed by atoms with Crippen LogP contribution < -0.4 is 20.7 Å². The van der Waals surface area contributed by atoms with Crippen LogP contribution >= 0.6 is 0 Å². The molecule has 0 unspecified atom stereocenters. The Morgan fingerprint density at radius 1 is 1.28 bits per heavy atom. The van der Waals surface area contributed by atoms with Crippen molar-refractivity contribution in [3.8, 4) is 5.75 Å². The molecule has 0 radical (unpaired) electrons. The number of ether oxygens (including phenoxy) is 1. The lowest BCUT2D eigenvalue weighted by Crippen LogP contribution is -2.32. The highest BCUT2D eigenvalue weighted by molar-refractivity contribution is 5.99. The Kier molecular flexibility index (Phi) is 4.51. The number of hydrogen-bond acceptors (Lipinski definition) is 3. The van der Waals surface area contributed by atoms with Crippen molar-refractivity contribution >= 4 is 23.3 Å². The van der Waals surface area contributed by atoms with Crippen molar-refractivity contribution in [3.05, 3.63) is 53.6 Å². The molecule has 8 heteroatoms. The number of fused-ring (bicyclic) bond motifs is 1. The predicted molar refractivity (Wildman–Crippen MR) is 87.5 cm³/mol. The van der Waals surface area contributed by atoms with E-state index in [-0.39, 0.29) is 18.1 Å². The molecule has 3 amide bonds. The van der Waals surface area contributed by atoms with E-state index in [1.54, 1.807) is 25.1 Å². The Labute approximate surface area is 142 Å². The summed E-state index contributed by atoms with van der Waals surface area (Å²) in [5.41, 5.74) is 0.976. The molecule has 1 heterocycles. The first kappa shape index (κ1) is 16.7. The van der Waals surface area contributed by atoms with Gasteiger partial charge in [-0.2, -0.15) is 0 Å². The number of anilines is 2. The van der Waals surface area contributed by atoms with Gasteiger partial charge in [-0.25, -0.2) is 13.6 Å². The third kappa shape index (κ3) is 3.68. The van der Waals surface area contributed by atoms with Crippen LogP contribution in [0.1, 0.15) is 18.5 Å². The van der Waals surface area contributed by atoms with Gasteiger partial charge in [0.15, 0.2) is 12.4 Å². The molecule has 25 heavy (non-hydrogen) atoms. The zero-order valence-electron chi connectivity index (χ0n) is 13.2. The van der Waals surface area contributed by atoms with Crippen molar-refractivity contribution in [1.82, 2.24) is 5.32 Å². The minimum Gasteiger partial charge on any atom is -0.479 e. The first-order chi connectivity index (χ1) is 11.9. The second-order valence-corrected chi connectivity index (χ2v) is 5.51. The Balaban J connectivity index is 1.71. The minimum atomic E-state index is -0.740. The molecule has 0 aromatic heterocycles. The average molecular weight is 347 g/mol. The van der Waals surface area contributed by atoms with Gasteiger partial charge in [-0.3, -0.25) is 4.79 Å². The summed E-state index contributed by atoms with van der Waals surface area (Å²) in [5, 5.41) is 7.79. The van der Waals surface area contributed by atoms with Gasteiger partial charge in [0.2, 0.25) is 0 Å². The molecular weight excluding hydrogens is 332 g/mol. The van der Waals surface area contributed by atoms with E-state index in [9.17, 15) is 18.4 Å². The Morgan fingerprint density at radius 2 is 2.08 bits per heavy atom. The van der Waals surface area contributed by atoms with E-state index >= 15 is 0 Å². The molecular formula is C17H15F2N3O3. The lowest BCUT2D eigenvalue weighted by atomic mass is 10.1. The number of rotatable bonds is 3.